The van der Waals surface area contributed by atoms with Crippen LogP contribution in [0.4, 0.5) is 16.0 Å². The fourth-order valence-electron chi connectivity index (χ4n) is 4.33. The molecular weight excluding hydrogens is 457 g/mol. The summed E-state index contributed by atoms with van der Waals surface area (Å²) >= 11 is 0. The third-order valence-corrected chi connectivity index (χ3v) is 6.18. The molecule has 0 saturated carbocycles. The molecule has 4 aromatic rings. The van der Waals surface area contributed by atoms with Gasteiger partial charge in [0.2, 0.25) is 5.95 Å². The summed E-state index contributed by atoms with van der Waals surface area (Å²) in [5, 5.41) is 10.6. The third kappa shape index (κ3) is 4.70. The van der Waals surface area contributed by atoms with Crippen molar-refractivity contribution in [2.75, 3.05) is 10.6 Å². The quantitative estimate of drug-likeness (QED) is 0.376. The second-order valence-corrected chi connectivity index (χ2v) is 8.85. The smallest absolute Gasteiger partial charge is 0.255 e. The molecule has 1 amide bonds. The molecule has 0 saturated heterocycles. The van der Waals surface area contributed by atoms with Gasteiger partial charge in [-0.2, -0.15) is 10.1 Å². The van der Waals surface area contributed by atoms with Gasteiger partial charge >= 0.3 is 0 Å². The molecule has 1 atom stereocenters. The number of aromatic nitrogens is 3. The first-order chi connectivity index (χ1) is 17.4. The zero-order chi connectivity index (χ0) is 25.2. The normalized spacial score (nSPS) is 14.7. The Morgan fingerprint density at radius 2 is 1.81 bits per heavy atom. The van der Waals surface area contributed by atoms with Crippen molar-refractivity contribution in [2.24, 2.45) is 0 Å². The first kappa shape index (κ1) is 23.3. The van der Waals surface area contributed by atoms with E-state index in [1.54, 1.807) is 16.8 Å². The molecule has 0 radical (unpaired) electrons. The van der Waals surface area contributed by atoms with Crippen LogP contribution in [-0.4, -0.2) is 20.7 Å². The number of anilines is 2. The van der Waals surface area contributed by atoms with Gasteiger partial charge in [-0.1, -0.05) is 42.0 Å². The Bertz CT molecular complexity index is 1440. The van der Waals surface area contributed by atoms with Gasteiger partial charge in [-0.25, -0.2) is 9.07 Å². The zero-order valence-electron chi connectivity index (χ0n) is 20.2. The van der Waals surface area contributed by atoms with E-state index in [0.29, 0.717) is 29.6 Å². The van der Waals surface area contributed by atoms with Crippen molar-refractivity contribution in [3.05, 3.63) is 112 Å². The van der Waals surface area contributed by atoms with Crippen molar-refractivity contribution in [2.45, 2.75) is 33.4 Å². The van der Waals surface area contributed by atoms with E-state index in [2.05, 4.69) is 20.7 Å². The van der Waals surface area contributed by atoms with Gasteiger partial charge in [-0.05, 0) is 67.8 Å². The van der Waals surface area contributed by atoms with Gasteiger partial charge in [0, 0.05) is 11.4 Å². The number of benzene rings is 3. The minimum Gasteiger partial charge on any atom is -0.489 e. The van der Waals surface area contributed by atoms with Gasteiger partial charge in [-0.3, -0.25) is 4.79 Å². The fourth-order valence-corrected chi connectivity index (χ4v) is 4.33. The lowest BCUT2D eigenvalue weighted by atomic mass is 9.94. The van der Waals surface area contributed by atoms with E-state index in [1.807, 2.05) is 63.2 Å². The number of fused-ring (bicyclic) bond motifs is 1. The zero-order valence-corrected chi connectivity index (χ0v) is 20.2. The maximum atomic E-state index is 13.6. The molecular formula is C28H26FN5O2. The van der Waals surface area contributed by atoms with E-state index in [0.717, 1.165) is 27.9 Å². The molecule has 8 heteroatoms. The summed E-state index contributed by atoms with van der Waals surface area (Å²) in [6.07, 6.45) is 1.47. The molecule has 0 fully saturated rings. The summed E-state index contributed by atoms with van der Waals surface area (Å²) in [5.74, 6) is 0.739. The van der Waals surface area contributed by atoms with E-state index in [1.165, 1.54) is 18.5 Å². The second-order valence-electron chi connectivity index (χ2n) is 8.85. The highest BCUT2D eigenvalue weighted by molar-refractivity contribution is 6.06. The number of rotatable bonds is 6. The topological polar surface area (TPSA) is 81.1 Å². The van der Waals surface area contributed by atoms with Gasteiger partial charge in [0.05, 0.1) is 5.57 Å². The summed E-state index contributed by atoms with van der Waals surface area (Å²) in [6, 6.07) is 19.2. The Morgan fingerprint density at radius 3 is 2.53 bits per heavy atom. The SMILES string of the molecule is CC1=C(C(=O)Nc2ccc(C)cc2C)C(c2ccc(OCc3ccc(F)cc3)cc2)n2ncnc2N1. The third-order valence-electron chi connectivity index (χ3n) is 6.18. The summed E-state index contributed by atoms with van der Waals surface area (Å²) in [4.78, 5) is 17.9. The number of carbonyl (C=O) groups excluding carboxylic acids is 1. The number of hydrogen-bond acceptors (Lipinski definition) is 5. The molecule has 1 aliphatic heterocycles. The number of allylic oxidation sites excluding steroid dienone is 1. The molecule has 0 bridgehead atoms. The number of amides is 1. The average Bonchev–Trinajstić information content (AvgIpc) is 3.33. The maximum absolute atomic E-state index is 13.6. The molecule has 5 rings (SSSR count). The van der Waals surface area contributed by atoms with Crippen molar-refractivity contribution < 1.29 is 13.9 Å². The van der Waals surface area contributed by atoms with Crippen molar-refractivity contribution in [1.82, 2.24) is 14.8 Å². The first-order valence-electron chi connectivity index (χ1n) is 11.6. The number of nitrogens with zero attached hydrogens (tertiary/aromatic N) is 3. The van der Waals surface area contributed by atoms with Crippen LogP contribution in [0.1, 0.15) is 35.2 Å². The number of ether oxygens (including phenoxy) is 1. The highest BCUT2D eigenvalue weighted by Crippen LogP contribution is 2.36. The van der Waals surface area contributed by atoms with Crippen molar-refractivity contribution >= 4 is 17.5 Å². The van der Waals surface area contributed by atoms with Crippen LogP contribution >= 0.6 is 0 Å². The number of aryl methyl sites for hydroxylation is 2. The minimum atomic E-state index is -0.472. The molecule has 2 N–H and O–H groups in total. The molecule has 2 heterocycles. The maximum Gasteiger partial charge on any atom is 0.255 e. The number of halogens is 1. The van der Waals surface area contributed by atoms with Crippen LogP contribution in [0.25, 0.3) is 0 Å². The van der Waals surface area contributed by atoms with E-state index < -0.39 is 6.04 Å². The number of carbonyl (C=O) groups is 1. The predicted octanol–water partition coefficient (Wildman–Crippen LogP) is 5.54. The Kier molecular flexibility index (Phi) is 6.25. The van der Waals surface area contributed by atoms with Gasteiger partial charge < -0.3 is 15.4 Å². The van der Waals surface area contributed by atoms with Crippen molar-refractivity contribution in [3.63, 3.8) is 0 Å². The Balaban J connectivity index is 1.41. The lowest BCUT2D eigenvalue weighted by Gasteiger charge is -2.29. The standard InChI is InChI=1S/C28H26FN5O2/c1-17-4-13-24(18(2)14-17)33-27(35)25-19(3)32-28-30-16-31-34(28)26(25)21-7-11-23(12-8-21)36-15-20-5-9-22(29)10-6-20/h4-14,16,26H,15H2,1-3H3,(H,33,35)(H,30,31,32). The van der Waals surface area contributed by atoms with Crippen LogP contribution < -0.4 is 15.4 Å². The molecule has 36 heavy (non-hydrogen) atoms. The minimum absolute atomic E-state index is 0.213. The Hall–Kier alpha value is -4.46. The van der Waals surface area contributed by atoms with Crippen LogP contribution in [0.15, 0.2) is 84.3 Å². The lowest BCUT2D eigenvalue weighted by molar-refractivity contribution is -0.113. The molecule has 182 valence electrons. The highest BCUT2D eigenvalue weighted by Gasteiger charge is 2.33. The number of nitrogens with one attached hydrogen (secondary N) is 2. The van der Waals surface area contributed by atoms with Crippen molar-refractivity contribution in [3.8, 4) is 5.75 Å². The van der Waals surface area contributed by atoms with Crippen LogP contribution in [0.5, 0.6) is 5.75 Å². The summed E-state index contributed by atoms with van der Waals surface area (Å²) in [7, 11) is 0. The molecule has 3 aromatic carbocycles. The fraction of sp³-hybridized carbons (Fsp3) is 0.179. The van der Waals surface area contributed by atoms with Gasteiger partial charge in [0.1, 0.15) is 30.5 Å². The first-order valence-corrected chi connectivity index (χ1v) is 11.6. The molecule has 0 aliphatic carbocycles. The van der Waals surface area contributed by atoms with Crippen LogP contribution in [-0.2, 0) is 11.4 Å². The monoisotopic (exact) mass is 483 g/mol. The van der Waals surface area contributed by atoms with Crippen LogP contribution in [0, 0.1) is 19.7 Å². The van der Waals surface area contributed by atoms with E-state index in [-0.39, 0.29) is 11.7 Å². The Morgan fingerprint density at radius 1 is 1.06 bits per heavy atom. The predicted molar refractivity (Wildman–Crippen MR) is 136 cm³/mol. The lowest BCUT2D eigenvalue weighted by Crippen LogP contribution is -2.31. The summed E-state index contributed by atoms with van der Waals surface area (Å²) in [6.45, 7) is 6.18. The van der Waals surface area contributed by atoms with Gasteiger partial charge in [0.15, 0.2) is 0 Å². The van der Waals surface area contributed by atoms with Gasteiger partial charge in [-0.15, -0.1) is 0 Å². The average molecular weight is 484 g/mol. The van der Waals surface area contributed by atoms with Crippen LogP contribution in [0.3, 0.4) is 0 Å². The summed E-state index contributed by atoms with van der Waals surface area (Å²) in [5.41, 5.74) is 5.88. The molecule has 0 spiro atoms. The van der Waals surface area contributed by atoms with Crippen LogP contribution in [0.2, 0.25) is 0 Å². The largest absolute Gasteiger partial charge is 0.489 e. The van der Waals surface area contributed by atoms with E-state index in [9.17, 15) is 9.18 Å². The van der Waals surface area contributed by atoms with E-state index >= 15 is 0 Å². The highest BCUT2D eigenvalue weighted by atomic mass is 19.1. The second kappa shape index (κ2) is 9.65. The number of hydrogen-bond donors (Lipinski definition) is 2. The Labute approximate surface area is 208 Å². The van der Waals surface area contributed by atoms with Gasteiger partial charge in [0.25, 0.3) is 5.91 Å². The van der Waals surface area contributed by atoms with E-state index in [4.69, 9.17) is 4.74 Å². The van der Waals surface area contributed by atoms with Crippen molar-refractivity contribution in [1.29, 1.82) is 0 Å². The molecule has 1 aliphatic rings. The molecule has 1 aromatic heterocycles. The molecule has 1 unspecified atom stereocenters. The summed E-state index contributed by atoms with van der Waals surface area (Å²) < 4.78 is 20.7. The molecule has 7 nitrogen and oxygen atoms in total.